The van der Waals surface area contributed by atoms with Crippen LogP contribution >= 0.6 is 11.6 Å². The van der Waals surface area contributed by atoms with Crippen molar-refractivity contribution in [3.63, 3.8) is 0 Å². The van der Waals surface area contributed by atoms with Crippen molar-refractivity contribution in [3.05, 3.63) is 22.8 Å². The molecule has 1 aromatic rings. The maximum Gasteiger partial charge on any atom is 0.129 e. The minimum Gasteiger partial charge on any atom is -0.351 e. The normalized spacial score (nSPS) is 20.9. The number of anilines is 1. The molecule has 0 radical (unpaired) electrons. The Labute approximate surface area is 133 Å². The molecule has 1 aromatic heterocycles. The molecule has 0 amide bonds. The van der Waals surface area contributed by atoms with E-state index in [0.29, 0.717) is 6.04 Å². The number of piperazine rings is 1. The molecule has 2 heterocycles. The van der Waals surface area contributed by atoms with Gasteiger partial charge in [-0.05, 0) is 46.4 Å². The van der Waals surface area contributed by atoms with Gasteiger partial charge in [-0.1, -0.05) is 11.6 Å². The molecular formula is C16H27ClN4. The number of likely N-dealkylation sites (N-methyl/N-ethyl adjacent to an activating group) is 1. The first kappa shape index (κ1) is 16.5. The second-order valence-corrected chi connectivity index (χ2v) is 7.45. The van der Waals surface area contributed by atoms with Crippen LogP contribution in [0.2, 0.25) is 5.02 Å². The van der Waals surface area contributed by atoms with Crippen molar-refractivity contribution in [1.29, 1.82) is 0 Å². The van der Waals surface area contributed by atoms with Crippen LogP contribution in [0.1, 0.15) is 33.3 Å². The first-order valence-electron chi connectivity index (χ1n) is 7.61. The number of halogens is 1. The van der Waals surface area contributed by atoms with E-state index in [4.69, 9.17) is 11.6 Å². The number of hydrogen-bond donors (Lipinski definition) is 1. The van der Waals surface area contributed by atoms with Crippen LogP contribution in [0, 0.1) is 0 Å². The van der Waals surface area contributed by atoms with Crippen LogP contribution in [-0.2, 0) is 6.54 Å². The summed E-state index contributed by atoms with van der Waals surface area (Å²) in [7, 11) is 2.17. The predicted molar refractivity (Wildman–Crippen MR) is 90.1 cm³/mol. The van der Waals surface area contributed by atoms with E-state index < -0.39 is 0 Å². The fraction of sp³-hybridized carbons (Fsp3) is 0.688. The number of aromatic nitrogens is 1. The van der Waals surface area contributed by atoms with Gasteiger partial charge in [-0.2, -0.15) is 0 Å². The van der Waals surface area contributed by atoms with E-state index in [1.165, 1.54) is 0 Å². The van der Waals surface area contributed by atoms with Crippen molar-refractivity contribution in [1.82, 2.24) is 15.2 Å². The van der Waals surface area contributed by atoms with E-state index in [2.05, 4.69) is 60.9 Å². The van der Waals surface area contributed by atoms with Gasteiger partial charge in [-0.3, -0.25) is 0 Å². The third-order valence-electron chi connectivity index (χ3n) is 3.85. The Morgan fingerprint density at radius 2 is 2.10 bits per heavy atom. The van der Waals surface area contributed by atoms with E-state index >= 15 is 0 Å². The van der Waals surface area contributed by atoms with Gasteiger partial charge in [0.1, 0.15) is 5.82 Å². The van der Waals surface area contributed by atoms with Gasteiger partial charge < -0.3 is 15.1 Å². The Kier molecular flexibility index (Phi) is 5.12. The summed E-state index contributed by atoms with van der Waals surface area (Å²) in [5.74, 6) is 1.03. The Hall–Kier alpha value is -0.840. The maximum absolute atomic E-state index is 6.29. The van der Waals surface area contributed by atoms with Crippen molar-refractivity contribution >= 4 is 17.4 Å². The number of hydrogen-bond acceptors (Lipinski definition) is 4. The highest BCUT2D eigenvalue weighted by molar-refractivity contribution is 6.31. The van der Waals surface area contributed by atoms with Gasteiger partial charge in [0.15, 0.2) is 0 Å². The number of rotatable bonds is 3. The molecule has 5 heteroatoms. The van der Waals surface area contributed by atoms with Crippen molar-refractivity contribution in [2.75, 3.05) is 31.6 Å². The molecule has 1 saturated heterocycles. The summed E-state index contributed by atoms with van der Waals surface area (Å²) >= 11 is 6.29. The molecule has 1 N–H and O–H groups in total. The van der Waals surface area contributed by atoms with E-state index in [1.807, 2.05) is 0 Å². The second-order valence-electron chi connectivity index (χ2n) is 7.04. The SMILES string of the molecule is CC1CN(C)CCN1c1cc(CNC(C)(C)C)c(Cl)cn1. The molecule has 2 rings (SSSR count). The fourth-order valence-corrected chi connectivity index (χ4v) is 2.77. The first-order valence-corrected chi connectivity index (χ1v) is 7.99. The molecule has 0 spiro atoms. The molecule has 0 saturated carbocycles. The summed E-state index contributed by atoms with van der Waals surface area (Å²) in [6.45, 7) is 12.6. The zero-order valence-electron chi connectivity index (χ0n) is 13.8. The van der Waals surface area contributed by atoms with Crippen molar-refractivity contribution in [2.24, 2.45) is 0 Å². The Morgan fingerprint density at radius 1 is 1.38 bits per heavy atom. The van der Waals surface area contributed by atoms with Crippen molar-refractivity contribution < 1.29 is 0 Å². The molecular weight excluding hydrogens is 284 g/mol. The second kappa shape index (κ2) is 6.51. The van der Waals surface area contributed by atoms with E-state index in [9.17, 15) is 0 Å². The van der Waals surface area contributed by atoms with Gasteiger partial charge in [-0.25, -0.2) is 4.98 Å². The van der Waals surface area contributed by atoms with E-state index in [0.717, 1.165) is 42.6 Å². The Balaban J connectivity index is 2.14. The minimum absolute atomic E-state index is 0.0773. The van der Waals surface area contributed by atoms with Crippen LogP contribution in [-0.4, -0.2) is 48.1 Å². The monoisotopic (exact) mass is 310 g/mol. The van der Waals surface area contributed by atoms with Gasteiger partial charge in [0.2, 0.25) is 0 Å². The fourth-order valence-electron chi connectivity index (χ4n) is 2.60. The van der Waals surface area contributed by atoms with Crippen LogP contribution in [0.15, 0.2) is 12.3 Å². The minimum atomic E-state index is 0.0773. The molecule has 4 nitrogen and oxygen atoms in total. The standard InChI is InChI=1S/C16H27ClN4/c1-12-11-20(5)6-7-21(12)15-8-13(14(17)10-18-15)9-19-16(2,3)4/h8,10,12,19H,6-7,9,11H2,1-5H3. The third kappa shape index (κ3) is 4.56. The maximum atomic E-state index is 6.29. The summed E-state index contributed by atoms with van der Waals surface area (Å²) in [4.78, 5) is 9.26. The third-order valence-corrected chi connectivity index (χ3v) is 4.19. The lowest BCUT2D eigenvalue weighted by atomic mass is 10.1. The highest BCUT2D eigenvalue weighted by Crippen LogP contribution is 2.24. The molecule has 0 bridgehead atoms. The lowest BCUT2D eigenvalue weighted by Crippen LogP contribution is -2.50. The van der Waals surface area contributed by atoms with Crippen molar-refractivity contribution in [3.8, 4) is 0 Å². The average Bonchev–Trinajstić information content (AvgIpc) is 2.37. The molecule has 0 aliphatic carbocycles. The molecule has 1 aliphatic rings. The molecule has 21 heavy (non-hydrogen) atoms. The molecule has 1 atom stereocenters. The lowest BCUT2D eigenvalue weighted by Gasteiger charge is -2.39. The molecule has 1 fully saturated rings. The van der Waals surface area contributed by atoms with Crippen LogP contribution in [0.5, 0.6) is 0 Å². The molecule has 0 aromatic carbocycles. The topological polar surface area (TPSA) is 31.4 Å². The highest BCUT2D eigenvalue weighted by atomic mass is 35.5. The summed E-state index contributed by atoms with van der Waals surface area (Å²) in [5, 5.41) is 4.22. The summed E-state index contributed by atoms with van der Waals surface area (Å²) in [6, 6.07) is 2.60. The van der Waals surface area contributed by atoms with Crippen LogP contribution < -0.4 is 10.2 Å². The highest BCUT2D eigenvalue weighted by Gasteiger charge is 2.23. The molecule has 1 unspecified atom stereocenters. The van der Waals surface area contributed by atoms with Gasteiger partial charge in [-0.15, -0.1) is 0 Å². The van der Waals surface area contributed by atoms with Crippen LogP contribution in [0.4, 0.5) is 5.82 Å². The Morgan fingerprint density at radius 3 is 2.71 bits per heavy atom. The quantitative estimate of drug-likeness (QED) is 0.930. The lowest BCUT2D eigenvalue weighted by molar-refractivity contribution is 0.274. The van der Waals surface area contributed by atoms with E-state index in [1.54, 1.807) is 6.20 Å². The Bertz CT molecular complexity index is 484. The summed E-state index contributed by atoms with van der Waals surface area (Å²) in [5.41, 5.74) is 1.19. The largest absolute Gasteiger partial charge is 0.351 e. The van der Waals surface area contributed by atoms with Crippen LogP contribution in [0.3, 0.4) is 0 Å². The van der Waals surface area contributed by atoms with Gasteiger partial charge in [0, 0.05) is 44.0 Å². The summed E-state index contributed by atoms with van der Waals surface area (Å²) < 4.78 is 0. The zero-order valence-corrected chi connectivity index (χ0v) is 14.5. The number of pyridine rings is 1. The van der Waals surface area contributed by atoms with Gasteiger partial charge in [0.05, 0.1) is 5.02 Å². The van der Waals surface area contributed by atoms with Gasteiger partial charge >= 0.3 is 0 Å². The van der Waals surface area contributed by atoms with Gasteiger partial charge in [0.25, 0.3) is 0 Å². The zero-order chi connectivity index (χ0) is 15.6. The van der Waals surface area contributed by atoms with E-state index in [-0.39, 0.29) is 5.54 Å². The molecule has 118 valence electrons. The number of nitrogens with one attached hydrogen (secondary N) is 1. The average molecular weight is 311 g/mol. The first-order chi connectivity index (χ1) is 9.76. The van der Waals surface area contributed by atoms with Crippen LogP contribution in [0.25, 0.3) is 0 Å². The smallest absolute Gasteiger partial charge is 0.129 e. The number of nitrogens with zero attached hydrogens (tertiary/aromatic N) is 3. The summed E-state index contributed by atoms with van der Waals surface area (Å²) in [6.07, 6.45) is 1.78. The van der Waals surface area contributed by atoms with Crippen molar-refractivity contribution in [2.45, 2.75) is 45.8 Å². The molecule has 1 aliphatic heterocycles. The predicted octanol–water partition coefficient (Wildman–Crippen LogP) is 2.76.